The van der Waals surface area contributed by atoms with Gasteiger partial charge in [0.2, 0.25) is 0 Å². The Kier molecular flexibility index (Phi) is 4.42. The Morgan fingerprint density at radius 1 is 0.432 bits per heavy atom. The minimum absolute atomic E-state index is 0.144. The molecule has 0 radical (unpaired) electrons. The van der Waals surface area contributed by atoms with E-state index in [-0.39, 0.29) is 29.7 Å². The van der Waals surface area contributed by atoms with Crippen molar-refractivity contribution in [2.75, 3.05) is 0 Å². The summed E-state index contributed by atoms with van der Waals surface area (Å²) in [6, 6.07) is 32.9. The van der Waals surface area contributed by atoms with Crippen LogP contribution in [0.25, 0.3) is 89.2 Å². The average Bonchev–Trinajstić information content (AvgIpc) is 3.71. The standard InChI is InChI=1S/C39H23N3O2/c1-3-10-24(11-4-1)26-19-21-33-31(22-26)28-20-18-27(23-35(28)44-33)38-40-37(25-12-5-2-6-13-25)41-39(42-38)30-15-9-17-34-36(30)29-14-7-8-16-32(29)43-34/h1-23H/i1D,3D,4D,10D,11D. The highest BCUT2D eigenvalue weighted by Crippen LogP contribution is 2.38. The molecule has 0 unspecified atom stereocenters. The van der Waals surface area contributed by atoms with Crippen LogP contribution < -0.4 is 0 Å². The van der Waals surface area contributed by atoms with Crippen molar-refractivity contribution in [2.45, 2.75) is 0 Å². The van der Waals surface area contributed by atoms with Crippen LogP contribution in [-0.4, -0.2) is 15.0 Å². The molecule has 5 heteroatoms. The molecule has 0 aliphatic carbocycles. The van der Waals surface area contributed by atoms with Gasteiger partial charge in [-0.15, -0.1) is 0 Å². The molecule has 3 aromatic heterocycles. The highest BCUT2D eigenvalue weighted by molar-refractivity contribution is 6.12. The van der Waals surface area contributed by atoms with Crippen molar-refractivity contribution < 1.29 is 15.7 Å². The number of furan rings is 2. The molecule has 5 nitrogen and oxygen atoms in total. The van der Waals surface area contributed by atoms with Gasteiger partial charge in [-0.05, 0) is 47.5 Å². The Labute approximate surface area is 259 Å². The summed E-state index contributed by atoms with van der Waals surface area (Å²) in [5, 5.41) is 3.46. The normalized spacial score (nSPS) is 13.2. The number of benzene rings is 6. The van der Waals surface area contributed by atoms with Crippen LogP contribution in [0.2, 0.25) is 0 Å². The van der Waals surface area contributed by atoms with E-state index in [4.69, 9.17) is 30.6 Å². The molecule has 0 atom stereocenters. The first-order valence-electron chi connectivity index (χ1n) is 16.6. The molecule has 0 saturated carbocycles. The highest BCUT2D eigenvalue weighted by Gasteiger charge is 2.18. The third-order valence-electron chi connectivity index (χ3n) is 7.83. The third kappa shape index (κ3) is 3.98. The van der Waals surface area contributed by atoms with Gasteiger partial charge in [0.15, 0.2) is 17.5 Å². The summed E-state index contributed by atoms with van der Waals surface area (Å²) in [6.45, 7) is 0. The lowest BCUT2D eigenvalue weighted by Gasteiger charge is -2.09. The van der Waals surface area contributed by atoms with Gasteiger partial charge in [-0.2, -0.15) is 0 Å². The van der Waals surface area contributed by atoms with Crippen LogP contribution in [0.5, 0.6) is 0 Å². The number of hydrogen-bond acceptors (Lipinski definition) is 5. The van der Waals surface area contributed by atoms with Crippen LogP contribution in [0.4, 0.5) is 0 Å². The topological polar surface area (TPSA) is 65.0 Å². The molecule has 9 rings (SSSR count). The molecule has 0 N–H and O–H groups in total. The van der Waals surface area contributed by atoms with Crippen molar-refractivity contribution in [3.63, 3.8) is 0 Å². The molecule has 0 spiro atoms. The Balaban J connectivity index is 1.22. The maximum Gasteiger partial charge on any atom is 0.164 e. The highest BCUT2D eigenvalue weighted by atomic mass is 16.3. The fourth-order valence-electron chi connectivity index (χ4n) is 5.77. The minimum atomic E-state index is -0.423. The lowest BCUT2D eigenvalue weighted by molar-refractivity contribution is 0.668. The van der Waals surface area contributed by atoms with E-state index in [0.717, 1.165) is 49.4 Å². The van der Waals surface area contributed by atoms with E-state index in [0.29, 0.717) is 34.2 Å². The van der Waals surface area contributed by atoms with Gasteiger partial charge in [-0.1, -0.05) is 103 Å². The molecule has 6 aromatic carbocycles. The van der Waals surface area contributed by atoms with E-state index in [2.05, 4.69) is 0 Å². The first kappa shape index (κ1) is 19.9. The lowest BCUT2D eigenvalue weighted by atomic mass is 10.0. The molecular formula is C39H23N3O2. The molecule has 3 heterocycles. The van der Waals surface area contributed by atoms with Gasteiger partial charge in [-0.3, -0.25) is 0 Å². The van der Waals surface area contributed by atoms with Crippen molar-refractivity contribution >= 4 is 43.9 Å². The summed E-state index contributed by atoms with van der Waals surface area (Å²) in [5.74, 6) is 1.50. The second-order valence-electron chi connectivity index (χ2n) is 10.5. The molecule has 0 saturated heterocycles. The van der Waals surface area contributed by atoms with Gasteiger partial charge < -0.3 is 8.83 Å². The molecule has 0 aliphatic rings. The summed E-state index contributed by atoms with van der Waals surface area (Å²) in [7, 11) is 0. The Hall–Kier alpha value is -6.07. The van der Waals surface area contributed by atoms with E-state index < -0.39 is 6.04 Å². The van der Waals surface area contributed by atoms with Crippen molar-refractivity contribution in [1.29, 1.82) is 0 Å². The minimum Gasteiger partial charge on any atom is -0.456 e. The van der Waals surface area contributed by atoms with Gasteiger partial charge in [0.25, 0.3) is 0 Å². The summed E-state index contributed by atoms with van der Waals surface area (Å²) in [6.07, 6.45) is 0. The molecule has 9 aromatic rings. The number of para-hydroxylation sites is 1. The lowest BCUT2D eigenvalue weighted by Crippen LogP contribution is -2.00. The number of rotatable bonds is 4. The molecule has 0 bridgehead atoms. The zero-order valence-corrected chi connectivity index (χ0v) is 23.1. The second kappa shape index (κ2) is 9.75. The maximum absolute atomic E-state index is 8.44. The largest absolute Gasteiger partial charge is 0.456 e. The predicted octanol–water partition coefficient (Wildman–Crippen LogP) is 10.3. The van der Waals surface area contributed by atoms with E-state index in [1.165, 1.54) is 0 Å². The van der Waals surface area contributed by atoms with E-state index in [1.807, 2.05) is 91.0 Å². The van der Waals surface area contributed by atoms with Crippen molar-refractivity contribution in [1.82, 2.24) is 15.0 Å². The van der Waals surface area contributed by atoms with Crippen LogP contribution in [-0.2, 0) is 0 Å². The monoisotopic (exact) mass is 570 g/mol. The van der Waals surface area contributed by atoms with Crippen LogP contribution in [0.15, 0.2) is 148 Å². The van der Waals surface area contributed by atoms with Gasteiger partial charge in [0, 0.05) is 38.2 Å². The van der Waals surface area contributed by atoms with Crippen molar-refractivity contribution in [3.8, 4) is 45.3 Å². The summed E-state index contributed by atoms with van der Waals surface area (Å²) in [4.78, 5) is 14.8. The Bertz CT molecular complexity index is 2760. The van der Waals surface area contributed by atoms with Gasteiger partial charge in [-0.25, -0.2) is 15.0 Å². The molecule has 0 fully saturated rings. The van der Waals surface area contributed by atoms with Crippen molar-refractivity contribution in [2.24, 2.45) is 0 Å². The third-order valence-corrected chi connectivity index (χ3v) is 7.83. The molecule has 0 aliphatic heterocycles. The van der Waals surface area contributed by atoms with Gasteiger partial charge in [0.1, 0.15) is 22.3 Å². The van der Waals surface area contributed by atoms with Crippen LogP contribution in [0.1, 0.15) is 6.85 Å². The van der Waals surface area contributed by atoms with Gasteiger partial charge >= 0.3 is 0 Å². The SMILES string of the molecule is [2H]c1c([2H])c([2H])c(-c2ccc3oc4cc(-c5nc(-c6ccccc6)nc(-c6cccc7oc8ccccc8c67)n5)ccc4c3c2)c([2H])c1[2H]. The molecule has 0 amide bonds. The fourth-order valence-corrected chi connectivity index (χ4v) is 5.77. The van der Waals surface area contributed by atoms with Crippen LogP contribution in [0.3, 0.4) is 0 Å². The van der Waals surface area contributed by atoms with Gasteiger partial charge in [0.05, 0.1) is 6.85 Å². The Morgan fingerprint density at radius 3 is 2.02 bits per heavy atom. The fraction of sp³-hybridized carbons (Fsp3) is 0. The quantitative estimate of drug-likeness (QED) is 0.211. The second-order valence-corrected chi connectivity index (χ2v) is 10.5. The smallest absolute Gasteiger partial charge is 0.164 e. The number of aromatic nitrogens is 3. The average molecular weight is 571 g/mol. The molecule has 44 heavy (non-hydrogen) atoms. The maximum atomic E-state index is 8.44. The molecular weight excluding hydrogens is 542 g/mol. The summed E-state index contributed by atoms with van der Waals surface area (Å²) in [5.41, 5.74) is 5.77. The first-order chi connectivity index (χ1) is 23.9. The zero-order chi connectivity index (χ0) is 33.4. The number of fused-ring (bicyclic) bond motifs is 6. The first-order valence-corrected chi connectivity index (χ1v) is 14.1. The van der Waals surface area contributed by atoms with E-state index in [1.54, 1.807) is 18.2 Å². The Morgan fingerprint density at radius 2 is 1.14 bits per heavy atom. The van der Waals surface area contributed by atoms with Crippen LogP contribution >= 0.6 is 0 Å². The van der Waals surface area contributed by atoms with Crippen LogP contribution in [0, 0.1) is 0 Å². The van der Waals surface area contributed by atoms with Crippen molar-refractivity contribution in [3.05, 3.63) is 139 Å². The summed E-state index contributed by atoms with van der Waals surface area (Å²) < 4.78 is 53.5. The van der Waals surface area contributed by atoms with E-state index >= 15 is 0 Å². The summed E-state index contributed by atoms with van der Waals surface area (Å²) >= 11 is 0. The van der Waals surface area contributed by atoms with E-state index in [9.17, 15) is 0 Å². The predicted molar refractivity (Wildman–Crippen MR) is 176 cm³/mol. The molecule has 206 valence electrons. The number of hydrogen-bond donors (Lipinski definition) is 0. The zero-order valence-electron chi connectivity index (χ0n) is 28.1. The number of nitrogens with zero attached hydrogens (tertiary/aromatic N) is 3.